The Morgan fingerprint density at radius 2 is 1.68 bits per heavy atom. The van der Waals surface area contributed by atoms with Crippen LogP contribution in [-0.2, 0) is 25.5 Å². The summed E-state index contributed by atoms with van der Waals surface area (Å²) in [5.74, 6) is -2.06. The number of nitrogens with zero attached hydrogens (tertiary/aromatic N) is 1. The summed E-state index contributed by atoms with van der Waals surface area (Å²) in [5, 5.41) is 6.05. The van der Waals surface area contributed by atoms with Crippen LogP contribution in [0.15, 0.2) is 60.7 Å². The second-order valence-corrected chi connectivity index (χ2v) is 8.66. The maximum Gasteiger partial charge on any atom is 0.345 e. The molecule has 2 saturated heterocycles. The number of hydrogen-bond acceptors (Lipinski definition) is 6. The third-order valence-corrected chi connectivity index (χ3v) is 6.28. The van der Waals surface area contributed by atoms with E-state index in [0.29, 0.717) is 25.8 Å². The van der Waals surface area contributed by atoms with E-state index in [0.717, 1.165) is 24.9 Å². The summed E-state index contributed by atoms with van der Waals surface area (Å²) >= 11 is 0. The number of benzene rings is 2. The smallest absolute Gasteiger partial charge is 0.345 e. The van der Waals surface area contributed by atoms with Crippen molar-refractivity contribution in [1.82, 2.24) is 15.5 Å². The Balaban J connectivity index is 1.47. The molecule has 2 aliphatic rings. The Bertz CT molecular complexity index is 1020. The molecule has 0 bridgehead atoms. The molecule has 0 saturated carbocycles. The minimum atomic E-state index is -0.861. The van der Waals surface area contributed by atoms with Crippen LogP contribution in [0, 0.1) is 0 Å². The van der Waals surface area contributed by atoms with Crippen molar-refractivity contribution in [3.05, 3.63) is 71.8 Å². The summed E-state index contributed by atoms with van der Waals surface area (Å²) in [7, 11) is 0. The van der Waals surface area contributed by atoms with Gasteiger partial charge in [0.1, 0.15) is 12.1 Å². The molecule has 3 atom stereocenters. The molecule has 178 valence electrons. The molecule has 4 rings (SSSR count). The normalized spacial score (nSPS) is 20.5. The van der Waals surface area contributed by atoms with Crippen LogP contribution in [0.3, 0.4) is 0 Å². The molecular formula is C26H29N3O5. The molecule has 2 heterocycles. The lowest BCUT2D eigenvalue weighted by atomic mass is 10.0. The largest absolute Gasteiger partial charge is 0.388 e. The standard InChI is InChI=1S/C26H29N3O5/c30-23(20-13-7-15-27-20)28-21(17-18-9-3-1-4-10-18)24(31)29-16-8-14-22(29)26(33)34-25(32)19-11-5-2-6-12-19/h1-6,9-12,20-22,27H,7-8,13-17H2,(H,28,30)/t20-,21-,22-/m0/s1. The zero-order valence-electron chi connectivity index (χ0n) is 18.9. The molecule has 2 aromatic rings. The third kappa shape index (κ3) is 5.69. The van der Waals surface area contributed by atoms with Crippen LogP contribution in [0.25, 0.3) is 0 Å². The summed E-state index contributed by atoms with van der Waals surface area (Å²) in [5.41, 5.74) is 1.17. The fourth-order valence-electron chi connectivity index (χ4n) is 4.50. The first-order valence-corrected chi connectivity index (χ1v) is 11.7. The van der Waals surface area contributed by atoms with Crippen molar-refractivity contribution >= 4 is 23.8 Å². The molecule has 0 aliphatic carbocycles. The summed E-state index contributed by atoms with van der Waals surface area (Å²) in [6, 6.07) is 15.7. The number of hydrogen-bond donors (Lipinski definition) is 2. The van der Waals surface area contributed by atoms with Crippen LogP contribution in [0.5, 0.6) is 0 Å². The lowest BCUT2D eigenvalue weighted by molar-refractivity contribution is -0.150. The fraction of sp³-hybridized carbons (Fsp3) is 0.385. The van der Waals surface area contributed by atoms with E-state index in [9.17, 15) is 19.2 Å². The van der Waals surface area contributed by atoms with Gasteiger partial charge in [-0.15, -0.1) is 0 Å². The molecule has 2 fully saturated rings. The van der Waals surface area contributed by atoms with Gasteiger partial charge in [-0.3, -0.25) is 9.59 Å². The Hall–Kier alpha value is -3.52. The van der Waals surface area contributed by atoms with Crippen LogP contribution < -0.4 is 10.6 Å². The average Bonchev–Trinajstić information content (AvgIpc) is 3.57. The van der Waals surface area contributed by atoms with Crippen LogP contribution in [0.4, 0.5) is 0 Å². The highest BCUT2D eigenvalue weighted by atomic mass is 16.6. The second-order valence-electron chi connectivity index (χ2n) is 8.66. The molecule has 0 spiro atoms. The van der Waals surface area contributed by atoms with Crippen molar-refractivity contribution in [2.75, 3.05) is 13.1 Å². The topological polar surface area (TPSA) is 105 Å². The van der Waals surface area contributed by atoms with Crippen molar-refractivity contribution in [1.29, 1.82) is 0 Å². The Morgan fingerprint density at radius 3 is 2.35 bits per heavy atom. The highest BCUT2D eigenvalue weighted by molar-refractivity contribution is 5.99. The van der Waals surface area contributed by atoms with E-state index in [1.165, 1.54) is 4.90 Å². The van der Waals surface area contributed by atoms with Gasteiger partial charge in [0.2, 0.25) is 11.8 Å². The number of esters is 2. The molecule has 2 N–H and O–H groups in total. The zero-order chi connectivity index (χ0) is 23.9. The van der Waals surface area contributed by atoms with Crippen molar-refractivity contribution in [2.45, 2.75) is 50.2 Å². The van der Waals surface area contributed by atoms with Crippen molar-refractivity contribution in [3.8, 4) is 0 Å². The minimum absolute atomic E-state index is 0.218. The average molecular weight is 464 g/mol. The number of rotatable bonds is 7. The molecule has 8 heteroatoms. The molecule has 34 heavy (non-hydrogen) atoms. The van der Waals surface area contributed by atoms with Gasteiger partial charge in [-0.25, -0.2) is 9.59 Å². The van der Waals surface area contributed by atoms with Crippen LogP contribution >= 0.6 is 0 Å². The van der Waals surface area contributed by atoms with Gasteiger partial charge >= 0.3 is 11.9 Å². The molecule has 2 aliphatic heterocycles. The van der Waals surface area contributed by atoms with E-state index in [-0.39, 0.29) is 23.4 Å². The monoisotopic (exact) mass is 463 g/mol. The maximum atomic E-state index is 13.6. The van der Waals surface area contributed by atoms with E-state index in [1.807, 2.05) is 30.3 Å². The second kappa shape index (κ2) is 11.1. The lowest BCUT2D eigenvalue weighted by Gasteiger charge is -2.29. The first kappa shape index (κ1) is 23.6. The van der Waals surface area contributed by atoms with Gasteiger partial charge in [0.15, 0.2) is 0 Å². The van der Waals surface area contributed by atoms with Gasteiger partial charge in [0.25, 0.3) is 0 Å². The van der Waals surface area contributed by atoms with Crippen LogP contribution in [-0.4, -0.2) is 59.9 Å². The number of amides is 2. The predicted molar refractivity (Wildman–Crippen MR) is 125 cm³/mol. The molecule has 0 radical (unpaired) electrons. The van der Waals surface area contributed by atoms with Gasteiger partial charge in [0, 0.05) is 13.0 Å². The lowest BCUT2D eigenvalue weighted by Crippen LogP contribution is -2.55. The van der Waals surface area contributed by atoms with Gasteiger partial charge in [0.05, 0.1) is 11.6 Å². The van der Waals surface area contributed by atoms with E-state index >= 15 is 0 Å². The molecule has 2 aromatic carbocycles. The molecule has 8 nitrogen and oxygen atoms in total. The molecule has 0 unspecified atom stereocenters. The van der Waals surface area contributed by atoms with E-state index in [4.69, 9.17) is 4.74 Å². The summed E-state index contributed by atoms with van der Waals surface area (Å²) in [4.78, 5) is 53.0. The van der Waals surface area contributed by atoms with Gasteiger partial charge < -0.3 is 20.3 Å². The first-order valence-electron chi connectivity index (χ1n) is 11.7. The summed E-state index contributed by atoms with van der Waals surface area (Å²) < 4.78 is 5.09. The van der Waals surface area contributed by atoms with Crippen LogP contribution in [0.2, 0.25) is 0 Å². The Labute approximate surface area is 198 Å². The predicted octanol–water partition coefficient (Wildman–Crippen LogP) is 1.84. The third-order valence-electron chi connectivity index (χ3n) is 6.28. The van der Waals surface area contributed by atoms with Crippen molar-refractivity contribution in [2.24, 2.45) is 0 Å². The SMILES string of the molecule is O=C(OC(=O)[C@@H]1CCCN1C(=O)[C@H](Cc1ccccc1)NC(=O)[C@@H]1CCCN1)c1ccccc1. The number of carbonyl (C=O) groups is 4. The van der Waals surface area contributed by atoms with Crippen LogP contribution in [0.1, 0.15) is 41.6 Å². The van der Waals surface area contributed by atoms with Crippen molar-refractivity contribution < 1.29 is 23.9 Å². The highest BCUT2D eigenvalue weighted by Gasteiger charge is 2.40. The first-order chi connectivity index (χ1) is 16.5. The van der Waals surface area contributed by atoms with E-state index in [2.05, 4.69) is 10.6 Å². The van der Waals surface area contributed by atoms with E-state index < -0.39 is 24.0 Å². The van der Waals surface area contributed by atoms with Gasteiger partial charge in [-0.2, -0.15) is 0 Å². The number of carbonyl (C=O) groups excluding carboxylic acids is 4. The quantitative estimate of drug-likeness (QED) is 0.480. The summed E-state index contributed by atoms with van der Waals surface area (Å²) in [6.45, 7) is 1.13. The molecule has 0 aromatic heterocycles. The minimum Gasteiger partial charge on any atom is -0.388 e. The van der Waals surface area contributed by atoms with E-state index in [1.54, 1.807) is 30.3 Å². The fourth-order valence-corrected chi connectivity index (χ4v) is 4.50. The van der Waals surface area contributed by atoms with Gasteiger partial charge in [-0.1, -0.05) is 48.5 Å². The zero-order valence-corrected chi connectivity index (χ0v) is 18.9. The maximum absolute atomic E-state index is 13.6. The number of ether oxygens (including phenoxy) is 1. The number of nitrogens with one attached hydrogen (secondary N) is 2. The molecular weight excluding hydrogens is 434 g/mol. The van der Waals surface area contributed by atoms with Gasteiger partial charge in [-0.05, 0) is 49.9 Å². The summed E-state index contributed by atoms with van der Waals surface area (Å²) in [6.07, 6.45) is 2.95. The Kier molecular flexibility index (Phi) is 7.69. The van der Waals surface area contributed by atoms with Crippen molar-refractivity contribution in [3.63, 3.8) is 0 Å². The number of likely N-dealkylation sites (tertiary alicyclic amines) is 1. The highest BCUT2D eigenvalue weighted by Crippen LogP contribution is 2.21. The molecule has 2 amide bonds. The Morgan fingerprint density at radius 1 is 0.971 bits per heavy atom.